The molecule has 17 heavy (non-hydrogen) atoms. The first kappa shape index (κ1) is 12.1. The van der Waals surface area contributed by atoms with Crippen LogP contribution in [0.3, 0.4) is 0 Å². The summed E-state index contributed by atoms with van der Waals surface area (Å²) in [5.41, 5.74) is 8.03. The second-order valence-corrected chi connectivity index (χ2v) is 4.83. The molecule has 3 N–H and O–H groups in total. The predicted molar refractivity (Wildman–Crippen MR) is 67.0 cm³/mol. The van der Waals surface area contributed by atoms with E-state index in [2.05, 4.69) is 6.07 Å². The van der Waals surface area contributed by atoms with Gasteiger partial charge in [-0.05, 0) is 36.3 Å². The summed E-state index contributed by atoms with van der Waals surface area (Å²) in [5.74, 6) is -0.321. The number of carboxylic acids is 1. The summed E-state index contributed by atoms with van der Waals surface area (Å²) in [6, 6.07) is 7.33. The Morgan fingerprint density at radius 1 is 1.35 bits per heavy atom. The van der Waals surface area contributed by atoms with E-state index in [1.54, 1.807) is 0 Å². The average Bonchev–Trinajstić information content (AvgIpc) is 2.83. The van der Waals surface area contributed by atoms with Gasteiger partial charge in [0.05, 0.1) is 0 Å². The largest absolute Gasteiger partial charge is 0.480 e. The van der Waals surface area contributed by atoms with Crippen molar-refractivity contribution >= 4 is 5.97 Å². The number of hydrogen-bond acceptors (Lipinski definition) is 2. The third kappa shape index (κ3) is 2.86. The number of carbonyl (C=O) groups is 1. The number of rotatable bonds is 4. The van der Waals surface area contributed by atoms with Crippen molar-refractivity contribution in [2.24, 2.45) is 5.73 Å². The lowest BCUT2D eigenvalue weighted by Crippen LogP contribution is -2.32. The van der Waals surface area contributed by atoms with Crippen LogP contribution in [0.1, 0.15) is 42.7 Å². The van der Waals surface area contributed by atoms with E-state index in [4.69, 9.17) is 10.8 Å². The molecule has 0 heterocycles. The Bertz CT molecular complexity index is 397. The predicted octanol–water partition coefficient (Wildman–Crippen LogP) is 2.30. The molecule has 0 bridgehead atoms. The molecule has 0 aliphatic heterocycles. The van der Waals surface area contributed by atoms with E-state index in [0.29, 0.717) is 12.3 Å². The summed E-state index contributed by atoms with van der Waals surface area (Å²) < 4.78 is 0. The molecular weight excluding hydrogens is 214 g/mol. The number of nitrogens with two attached hydrogens (primary N) is 1. The second kappa shape index (κ2) is 5.32. The van der Waals surface area contributed by atoms with E-state index >= 15 is 0 Å². The molecule has 1 fully saturated rings. The van der Waals surface area contributed by atoms with E-state index in [1.165, 1.54) is 31.2 Å². The van der Waals surface area contributed by atoms with Crippen molar-refractivity contribution in [3.8, 4) is 0 Å². The van der Waals surface area contributed by atoms with Crippen molar-refractivity contribution in [3.63, 3.8) is 0 Å². The van der Waals surface area contributed by atoms with Gasteiger partial charge >= 0.3 is 5.97 Å². The molecule has 1 aromatic rings. The van der Waals surface area contributed by atoms with Gasteiger partial charge in [-0.1, -0.05) is 37.1 Å². The summed E-state index contributed by atoms with van der Waals surface area (Å²) >= 11 is 0. The molecule has 2 rings (SSSR count). The molecule has 1 atom stereocenters. The number of aliphatic carboxylic acids is 1. The third-order valence-electron chi connectivity index (χ3n) is 3.61. The van der Waals surface area contributed by atoms with Gasteiger partial charge in [-0.3, -0.25) is 4.79 Å². The van der Waals surface area contributed by atoms with E-state index in [9.17, 15) is 4.79 Å². The summed E-state index contributed by atoms with van der Waals surface area (Å²) in [7, 11) is 0. The Labute approximate surface area is 102 Å². The van der Waals surface area contributed by atoms with Crippen molar-refractivity contribution in [1.29, 1.82) is 0 Å². The summed E-state index contributed by atoms with van der Waals surface area (Å²) in [4.78, 5) is 10.8. The Hall–Kier alpha value is -1.35. The maximum Gasteiger partial charge on any atom is 0.320 e. The van der Waals surface area contributed by atoms with Gasteiger partial charge in [0.2, 0.25) is 0 Å². The minimum atomic E-state index is -0.925. The van der Waals surface area contributed by atoms with Crippen molar-refractivity contribution in [2.45, 2.75) is 44.1 Å². The van der Waals surface area contributed by atoms with Crippen LogP contribution in [0.4, 0.5) is 0 Å². The van der Waals surface area contributed by atoms with Gasteiger partial charge in [0.15, 0.2) is 0 Å². The van der Waals surface area contributed by atoms with Crippen LogP contribution in [0.15, 0.2) is 24.3 Å². The first-order valence-electron chi connectivity index (χ1n) is 6.24. The standard InChI is InChI=1S/C14H19NO2/c15-13(14(16)17)9-11-7-3-4-8-12(11)10-5-1-2-6-10/h3-4,7-8,10,13H,1-2,5-6,9,15H2,(H,16,17). The highest BCUT2D eigenvalue weighted by Gasteiger charge is 2.21. The Kier molecular flexibility index (Phi) is 3.79. The highest BCUT2D eigenvalue weighted by molar-refractivity contribution is 5.73. The van der Waals surface area contributed by atoms with Gasteiger partial charge in [-0.15, -0.1) is 0 Å². The van der Waals surface area contributed by atoms with Gasteiger partial charge in [0, 0.05) is 0 Å². The lowest BCUT2D eigenvalue weighted by atomic mass is 9.90. The first-order valence-corrected chi connectivity index (χ1v) is 6.24. The van der Waals surface area contributed by atoms with E-state index in [1.807, 2.05) is 18.2 Å². The minimum Gasteiger partial charge on any atom is -0.480 e. The Morgan fingerprint density at radius 3 is 2.65 bits per heavy atom. The highest BCUT2D eigenvalue weighted by Crippen LogP contribution is 2.35. The second-order valence-electron chi connectivity index (χ2n) is 4.83. The monoisotopic (exact) mass is 233 g/mol. The van der Waals surface area contributed by atoms with Crippen LogP contribution >= 0.6 is 0 Å². The maximum atomic E-state index is 10.8. The quantitative estimate of drug-likeness (QED) is 0.838. The zero-order valence-corrected chi connectivity index (χ0v) is 9.93. The summed E-state index contributed by atoms with van der Waals surface area (Å²) in [6.45, 7) is 0. The molecule has 0 radical (unpaired) electrons. The van der Waals surface area contributed by atoms with Crippen LogP contribution in [0.5, 0.6) is 0 Å². The molecule has 92 valence electrons. The van der Waals surface area contributed by atoms with Gasteiger partial charge in [0.25, 0.3) is 0 Å². The molecule has 0 saturated heterocycles. The number of carboxylic acid groups (broad SMARTS) is 1. The molecule has 1 aliphatic rings. The minimum absolute atomic E-state index is 0.433. The third-order valence-corrected chi connectivity index (χ3v) is 3.61. The van der Waals surface area contributed by atoms with Crippen LogP contribution < -0.4 is 5.73 Å². The van der Waals surface area contributed by atoms with Crippen LogP contribution in [-0.4, -0.2) is 17.1 Å². The van der Waals surface area contributed by atoms with E-state index in [0.717, 1.165) is 5.56 Å². The zero-order valence-electron chi connectivity index (χ0n) is 9.93. The molecule has 3 nitrogen and oxygen atoms in total. The van der Waals surface area contributed by atoms with Crippen molar-refractivity contribution in [3.05, 3.63) is 35.4 Å². The van der Waals surface area contributed by atoms with Crippen molar-refractivity contribution in [1.82, 2.24) is 0 Å². The van der Waals surface area contributed by atoms with Gasteiger partial charge in [-0.2, -0.15) is 0 Å². The van der Waals surface area contributed by atoms with Crippen LogP contribution in [0.2, 0.25) is 0 Å². The summed E-state index contributed by atoms with van der Waals surface area (Å²) in [6.07, 6.45) is 5.44. The fourth-order valence-corrected chi connectivity index (χ4v) is 2.68. The van der Waals surface area contributed by atoms with Crippen molar-refractivity contribution < 1.29 is 9.90 Å². The molecule has 1 unspecified atom stereocenters. The average molecular weight is 233 g/mol. The SMILES string of the molecule is NC(Cc1ccccc1C1CCCC1)C(=O)O. The van der Waals surface area contributed by atoms with Gasteiger partial charge < -0.3 is 10.8 Å². The molecule has 0 amide bonds. The van der Waals surface area contributed by atoms with Crippen LogP contribution in [-0.2, 0) is 11.2 Å². The van der Waals surface area contributed by atoms with Gasteiger partial charge in [-0.25, -0.2) is 0 Å². The van der Waals surface area contributed by atoms with Crippen LogP contribution in [0.25, 0.3) is 0 Å². The number of hydrogen-bond donors (Lipinski definition) is 2. The molecule has 3 heteroatoms. The van der Waals surface area contributed by atoms with E-state index < -0.39 is 12.0 Å². The lowest BCUT2D eigenvalue weighted by Gasteiger charge is -2.16. The zero-order chi connectivity index (χ0) is 12.3. The maximum absolute atomic E-state index is 10.8. The van der Waals surface area contributed by atoms with Crippen LogP contribution in [0, 0.1) is 0 Å². The highest BCUT2D eigenvalue weighted by atomic mass is 16.4. The molecular formula is C14H19NO2. The molecule has 1 aliphatic carbocycles. The fourth-order valence-electron chi connectivity index (χ4n) is 2.68. The van der Waals surface area contributed by atoms with Crippen molar-refractivity contribution in [2.75, 3.05) is 0 Å². The normalized spacial score (nSPS) is 18.2. The molecule has 0 spiro atoms. The molecule has 1 aromatic carbocycles. The number of benzene rings is 1. The molecule has 1 saturated carbocycles. The van der Waals surface area contributed by atoms with E-state index in [-0.39, 0.29) is 0 Å². The Morgan fingerprint density at radius 2 is 2.00 bits per heavy atom. The first-order chi connectivity index (χ1) is 8.18. The fraction of sp³-hybridized carbons (Fsp3) is 0.500. The lowest BCUT2D eigenvalue weighted by molar-refractivity contribution is -0.138. The molecule has 0 aromatic heterocycles. The summed E-state index contributed by atoms with van der Waals surface area (Å²) in [5, 5.41) is 8.87. The van der Waals surface area contributed by atoms with Gasteiger partial charge in [0.1, 0.15) is 6.04 Å². The smallest absolute Gasteiger partial charge is 0.320 e. The topological polar surface area (TPSA) is 63.3 Å². The Balaban J connectivity index is 2.18.